The maximum absolute atomic E-state index is 12.3. The topological polar surface area (TPSA) is 41.6 Å². The van der Waals surface area contributed by atoms with Gasteiger partial charge in [-0.25, -0.2) is 0 Å². The molecule has 1 aromatic carbocycles. The van der Waals surface area contributed by atoms with Crippen LogP contribution in [0.2, 0.25) is 0 Å². The second-order valence-electron chi connectivity index (χ2n) is 4.83. The van der Waals surface area contributed by atoms with Crippen molar-refractivity contribution in [3.05, 3.63) is 28.7 Å². The summed E-state index contributed by atoms with van der Waals surface area (Å²) in [5, 5.41) is 3.32. The highest BCUT2D eigenvalue weighted by atomic mass is 79.9. The predicted octanol–water partition coefficient (Wildman–Crippen LogP) is 2.04. The van der Waals surface area contributed by atoms with E-state index >= 15 is 0 Å². The number of hydrogen-bond acceptors (Lipinski definition) is 3. The van der Waals surface area contributed by atoms with Crippen LogP contribution in [-0.4, -0.2) is 42.6 Å². The molecule has 1 saturated heterocycles. The first kappa shape index (κ1) is 14.3. The van der Waals surface area contributed by atoms with E-state index in [0.29, 0.717) is 11.8 Å². The fraction of sp³-hybridized carbons (Fsp3) is 0.500. The van der Waals surface area contributed by atoms with Crippen molar-refractivity contribution in [2.45, 2.75) is 26.0 Å². The number of benzene rings is 1. The maximum atomic E-state index is 12.3. The van der Waals surface area contributed by atoms with Gasteiger partial charge in [0.2, 0.25) is 0 Å². The number of hydrogen-bond donors (Lipinski definition) is 1. The average Bonchev–Trinajstić information content (AvgIpc) is 2.40. The van der Waals surface area contributed by atoms with Crippen molar-refractivity contribution in [3.63, 3.8) is 0 Å². The molecule has 2 rings (SSSR count). The number of carbonyl (C=O) groups excluding carboxylic acids is 1. The van der Waals surface area contributed by atoms with E-state index in [9.17, 15) is 4.79 Å². The number of carbonyl (C=O) groups is 1. The van der Waals surface area contributed by atoms with Crippen molar-refractivity contribution < 1.29 is 9.53 Å². The van der Waals surface area contributed by atoms with Crippen LogP contribution in [0.25, 0.3) is 0 Å². The van der Waals surface area contributed by atoms with Crippen LogP contribution in [0.5, 0.6) is 5.75 Å². The molecule has 4 nitrogen and oxygen atoms in total. The molecule has 0 spiro atoms. The van der Waals surface area contributed by atoms with E-state index in [4.69, 9.17) is 4.74 Å². The van der Waals surface area contributed by atoms with Gasteiger partial charge >= 0.3 is 0 Å². The molecule has 2 unspecified atom stereocenters. The number of nitrogens with zero attached hydrogens (tertiary/aromatic N) is 1. The molecule has 0 radical (unpaired) electrons. The van der Waals surface area contributed by atoms with Crippen LogP contribution < -0.4 is 10.1 Å². The summed E-state index contributed by atoms with van der Waals surface area (Å²) in [4.78, 5) is 14.2. The van der Waals surface area contributed by atoms with Crippen LogP contribution in [0.1, 0.15) is 13.8 Å². The fourth-order valence-corrected chi connectivity index (χ4v) is 2.55. The molecule has 5 heteroatoms. The molecule has 2 atom stereocenters. The van der Waals surface area contributed by atoms with E-state index in [1.807, 2.05) is 29.2 Å². The van der Waals surface area contributed by atoms with Gasteiger partial charge in [-0.1, -0.05) is 12.1 Å². The third kappa shape index (κ3) is 3.70. The summed E-state index contributed by atoms with van der Waals surface area (Å²) < 4.78 is 6.60. The Bertz CT molecular complexity index is 453. The van der Waals surface area contributed by atoms with Crippen LogP contribution >= 0.6 is 15.9 Å². The zero-order valence-electron chi connectivity index (χ0n) is 11.2. The number of piperazine rings is 1. The molecule has 19 heavy (non-hydrogen) atoms. The number of para-hydroxylation sites is 1. The average molecular weight is 327 g/mol. The Balaban J connectivity index is 1.97. The number of ether oxygens (including phenoxy) is 1. The smallest absolute Gasteiger partial charge is 0.263 e. The van der Waals surface area contributed by atoms with Gasteiger partial charge in [-0.15, -0.1) is 0 Å². The minimum Gasteiger partial charge on any atom is -0.480 e. The van der Waals surface area contributed by atoms with Crippen molar-refractivity contribution in [1.82, 2.24) is 10.2 Å². The molecule has 1 aliphatic heterocycles. The lowest BCUT2D eigenvalue weighted by Crippen LogP contribution is -2.54. The summed E-state index contributed by atoms with van der Waals surface area (Å²) in [6.45, 7) is 6.21. The summed E-state index contributed by atoms with van der Waals surface area (Å²) in [6.07, 6.45) is -0.469. The molecule has 1 amide bonds. The molecule has 0 aromatic heterocycles. The molecule has 1 heterocycles. The van der Waals surface area contributed by atoms with Crippen LogP contribution in [0.3, 0.4) is 0 Å². The lowest BCUT2D eigenvalue weighted by molar-refractivity contribution is -0.139. The van der Waals surface area contributed by atoms with Gasteiger partial charge in [0.05, 0.1) is 4.47 Å². The highest BCUT2D eigenvalue weighted by Gasteiger charge is 2.26. The number of halogens is 1. The Morgan fingerprint density at radius 3 is 2.95 bits per heavy atom. The van der Waals surface area contributed by atoms with Crippen LogP contribution in [-0.2, 0) is 4.79 Å². The standard InChI is InChI=1S/C14H19BrN2O2/c1-10-9-17(8-7-16-10)14(18)11(2)19-13-6-4-3-5-12(13)15/h3-6,10-11,16H,7-9H2,1-2H3. The van der Waals surface area contributed by atoms with Crippen molar-refractivity contribution in [2.75, 3.05) is 19.6 Å². The molecule has 104 valence electrons. The van der Waals surface area contributed by atoms with Crippen LogP contribution in [0, 0.1) is 0 Å². The molecule has 0 aliphatic carbocycles. The van der Waals surface area contributed by atoms with Gasteiger partial charge in [0.15, 0.2) is 6.10 Å². The van der Waals surface area contributed by atoms with E-state index in [2.05, 4.69) is 28.2 Å². The Morgan fingerprint density at radius 2 is 2.26 bits per heavy atom. The summed E-state index contributed by atoms with van der Waals surface area (Å²) in [5.41, 5.74) is 0. The summed E-state index contributed by atoms with van der Waals surface area (Å²) in [5.74, 6) is 0.746. The molecule has 0 saturated carbocycles. The van der Waals surface area contributed by atoms with Gasteiger partial charge < -0.3 is 15.0 Å². The number of amides is 1. The number of nitrogens with one attached hydrogen (secondary N) is 1. The van der Waals surface area contributed by atoms with Gasteiger partial charge in [0.1, 0.15) is 5.75 Å². The van der Waals surface area contributed by atoms with E-state index in [-0.39, 0.29) is 5.91 Å². The van der Waals surface area contributed by atoms with Gasteiger partial charge in [-0.05, 0) is 41.9 Å². The lowest BCUT2D eigenvalue weighted by Gasteiger charge is -2.33. The first-order chi connectivity index (χ1) is 9.08. The largest absolute Gasteiger partial charge is 0.480 e. The Hall–Kier alpha value is -1.07. The third-order valence-corrected chi connectivity index (χ3v) is 3.82. The molecule has 1 aliphatic rings. The monoisotopic (exact) mass is 326 g/mol. The molecule has 1 N–H and O–H groups in total. The third-order valence-electron chi connectivity index (χ3n) is 3.17. The normalized spacial score (nSPS) is 21.0. The Morgan fingerprint density at radius 1 is 1.53 bits per heavy atom. The van der Waals surface area contributed by atoms with Gasteiger partial charge in [0.25, 0.3) is 5.91 Å². The van der Waals surface area contributed by atoms with Crippen LogP contribution in [0.15, 0.2) is 28.7 Å². The zero-order valence-corrected chi connectivity index (χ0v) is 12.8. The first-order valence-corrected chi connectivity index (χ1v) is 7.30. The zero-order chi connectivity index (χ0) is 13.8. The lowest BCUT2D eigenvalue weighted by atomic mass is 10.2. The second-order valence-corrected chi connectivity index (χ2v) is 5.68. The van der Waals surface area contributed by atoms with Gasteiger partial charge in [-0.2, -0.15) is 0 Å². The SMILES string of the molecule is CC1CN(C(=O)C(C)Oc2ccccc2Br)CCN1. The highest BCUT2D eigenvalue weighted by molar-refractivity contribution is 9.10. The summed E-state index contributed by atoms with van der Waals surface area (Å²) in [7, 11) is 0. The van der Waals surface area contributed by atoms with Gasteiger partial charge in [-0.3, -0.25) is 4.79 Å². The van der Waals surface area contributed by atoms with E-state index in [1.165, 1.54) is 0 Å². The van der Waals surface area contributed by atoms with Crippen molar-refractivity contribution >= 4 is 21.8 Å². The first-order valence-electron chi connectivity index (χ1n) is 6.51. The molecular weight excluding hydrogens is 308 g/mol. The molecule has 1 fully saturated rings. The van der Waals surface area contributed by atoms with E-state index < -0.39 is 6.10 Å². The minimum atomic E-state index is -0.469. The van der Waals surface area contributed by atoms with Crippen molar-refractivity contribution in [3.8, 4) is 5.75 Å². The quantitative estimate of drug-likeness (QED) is 0.924. The van der Waals surface area contributed by atoms with E-state index in [1.54, 1.807) is 6.92 Å². The van der Waals surface area contributed by atoms with E-state index in [0.717, 1.165) is 24.1 Å². The number of rotatable bonds is 3. The van der Waals surface area contributed by atoms with Crippen molar-refractivity contribution in [2.24, 2.45) is 0 Å². The predicted molar refractivity (Wildman–Crippen MR) is 78.3 cm³/mol. The van der Waals surface area contributed by atoms with Gasteiger partial charge in [0, 0.05) is 25.7 Å². The fourth-order valence-electron chi connectivity index (χ4n) is 2.17. The summed E-state index contributed by atoms with van der Waals surface area (Å²) in [6, 6.07) is 7.91. The minimum absolute atomic E-state index is 0.0455. The maximum Gasteiger partial charge on any atom is 0.263 e. The Kier molecular flexibility index (Phi) is 4.82. The highest BCUT2D eigenvalue weighted by Crippen LogP contribution is 2.25. The summed E-state index contributed by atoms with van der Waals surface area (Å²) >= 11 is 3.42. The van der Waals surface area contributed by atoms with Crippen LogP contribution in [0.4, 0.5) is 0 Å². The molecular formula is C14H19BrN2O2. The molecule has 0 bridgehead atoms. The van der Waals surface area contributed by atoms with Crippen molar-refractivity contribution in [1.29, 1.82) is 0 Å². The second kappa shape index (κ2) is 6.39. The molecule has 1 aromatic rings. The Labute approximate surface area is 122 Å².